The van der Waals surface area contributed by atoms with Crippen molar-refractivity contribution < 1.29 is 26.9 Å². The minimum absolute atomic E-state index is 0.0432. The Morgan fingerprint density at radius 3 is 2.74 bits per heavy atom. The molecule has 3 aromatic heterocycles. The number of pyridine rings is 2. The summed E-state index contributed by atoms with van der Waals surface area (Å²) in [5.41, 5.74) is -1.02. The first-order valence-corrected chi connectivity index (χ1v) is 10.8. The molecule has 0 radical (unpaired) electrons. The number of nitrogens with zero attached hydrogens (tertiary/aromatic N) is 4. The van der Waals surface area contributed by atoms with Crippen molar-refractivity contribution in [1.29, 1.82) is 0 Å². The number of hydrogen-bond donors (Lipinski definition) is 3. The Morgan fingerprint density at radius 2 is 2.09 bits per heavy atom. The molecule has 3 heterocycles. The first-order valence-electron chi connectivity index (χ1n) is 12.3. The molecule has 10 nitrogen and oxygen atoms in total. The molecule has 1 aliphatic rings. The van der Waals surface area contributed by atoms with Crippen molar-refractivity contribution in [2.45, 2.75) is 45.5 Å². The molecule has 13 heteroatoms. The van der Waals surface area contributed by atoms with E-state index in [2.05, 4.69) is 20.7 Å². The van der Waals surface area contributed by atoms with Crippen molar-refractivity contribution in [3.05, 3.63) is 40.4 Å². The van der Waals surface area contributed by atoms with Gasteiger partial charge in [-0.2, -0.15) is 18.3 Å². The third kappa shape index (κ3) is 5.28. The molecule has 0 aromatic carbocycles. The van der Waals surface area contributed by atoms with E-state index >= 15 is 0 Å². The summed E-state index contributed by atoms with van der Waals surface area (Å²) in [4.78, 5) is 42.0. The molecule has 0 bridgehead atoms. The van der Waals surface area contributed by atoms with Crippen LogP contribution in [0.4, 0.5) is 30.5 Å². The number of carbonyl (C=O) groups is 2. The fourth-order valence-electron chi connectivity index (χ4n) is 3.59. The largest absolute Gasteiger partial charge is 0.406 e. The monoisotopic (exact) mass is 494 g/mol. The van der Waals surface area contributed by atoms with Gasteiger partial charge in [-0.25, -0.2) is 4.98 Å². The summed E-state index contributed by atoms with van der Waals surface area (Å²) in [5.74, 6) is -1.58. The second-order valence-electron chi connectivity index (χ2n) is 8.15. The molecule has 0 atom stereocenters. The Balaban J connectivity index is 1.81. The van der Waals surface area contributed by atoms with Gasteiger partial charge in [-0.1, -0.05) is 6.92 Å². The summed E-state index contributed by atoms with van der Waals surface area (Å²) in [7, 11) is 0. The lowest BCUT2D eigenvalue weighted by Gasteiger charge is -2.12. The van der Waals surface area contributed by atoms with Gasteiger partial charge in [0.15, 0.2) is 5.82 Å². The predicted octanol–water partition coefficient (Wildman–Crippen LogP) is 3.02. The quantitative estimate of drug-likeness (QED) is 0.443. The second kappa shape index (κ2) is 9.39. The average Bonchev–Trinajstić information content (AvgIpc) is 3.58. The Morgan fingerprint density at radius 1 is 1.31 bits per heavy atom. The Labute approximate surface area is 201 Å². The summed E-state index contributed by atoms with van der Waals surface area (Å²) < 4.78 is 63.1. The van der Waals surface area contributed by atoms with Gasteiger partial charge < -0.3 is 20.5 Å². The van der Waals surface area contributed by atoms with Gasteiger partial charge >= 0.3 is 6.18 Å². The minimum atomic E-state index is -4.65. The molecular weight excluding hydrogens is 467 g/mol. The molecule has 1 saturated carbocycles. The number of halogens is 3. The van der Waals surface area contributed by atoms with Crippen LogP contribution in [0.5, 0.6) is 0 Å². The molecule has 0 saturated heterocycles. The van der Waals surface area contributed by atoms with Crippen LogP contribution in [0.3, 0.4) is 0 Å². The fourth-order valence-corrected chi connectivity index (χ4v) is 3.59. The van der Waals surface area contributed by atoms with Crippen molar-refractivity contribution in [2.75, 3.05) is 17.6 Å². The molecular formula is C22H24F3N7O3. The number of carbonyl (C=O) groups excluding carboxylic acids is 2. The van der Waals surface area contributed by atoms with Crippen LogP contribution in [0.1, 0.15) is 40.7 Å². The van der Waals surface area contributed by atoms with Crippen LogP contribution >= 0.6 is 0 Å². The van der Waals surface area contributed by atoms with Gasteiger partial charge in [0.2, 0.25) is 5.91 Å². The molecule has 1 fully saturated rings. The maximum Gasteiger partial charge on any atom is 0.406 e. The van der Waals surface area contributed by atoms with E-state index in [4.69, 9.17) is 4.11 Å². The Bertz CT molecular complexity index is 1450. The molecule has 0 aliphatic heterocycles. The van der Waals surface area contributed by atoms with Gasteiger partial charge in [0.25, 0.3) is 11.5 Å². The van der Waals surface area contributed by atoms with Crippen LogP contribution in [0.25, 0.3) is 10.9 Å². The van der Waals surface area contributed by atoms with Crippen LogP contribution in [0, 0.1) is 5.92 Å². The zero-order valence-corrected chi connectivity index (χ0v) is 18.6. The smallest absolute Gasteiger partial charge is 0.355 e. The van der Waals surface area contributed by atoms with E-state index in [-0.39, 0.29) is 45.6 Å². The number of fused-ring (bicyclic) bond motifs is 1. The van der Waals surface area contributed by atoms with Crippen molar-refractivity contribution >= 4 is 40.0 Å². The SMILES string of the molecule is [2H]C([2H])([2H])NC(=O)c1cnc(NC(=O)C2CC2)cc1Nc1nn(CCC)c2ccn(CC(F)(F)F)c(=O)c12. The minimum Gasteiger partial charge on any atom is -0.355 e. The van der Waals surface area contributed by atoms with Crippen molar-refractivity contribution in [3.8, 4) is 0 Å². The van der Waals surface area contributed by atoms with Crippen LogP contribution in [-0.2, 0) is 17.9 Å². The van der Waals surface area contributed by atoms with E-state index in [9.17, 15) is 27.6 Å². The molecule has 0 unspecified atom stereocenters. The standard InChI is InChI=1S/C22H24F3N7O3/c1-3-7-32-15-6-8-31(11-22(23,24)25)21(35)17(15)18(30-32)28-14-9-16(29-19(33)12-4-5-12)27-10-13(14)20(34)26-2/h6,8-10,12H,3-5,7,11H2,1-2H3,(H,26,34)(H2,27,28,29,30,33)/i2D3. The molecule has 1 aliphatic carbocycles. The summed E-state index contributed by atoms with van der Waals surface area (Å²) in [6, 6.07) is 2.60. The van der Waals surface area contributed by atoms with E-state index < -0.39 is 31.2 Å². The highest BCUT2D eigenvalue weighted by atomic mass is 19.4. The lowest BCUT2D eigenvalue weighted by atomic mass is 10.2. The summed E-state index contributed by atoms with van der Waals surface area (Å²) >= 11 is 0. The number of anilines is 3. The number of aryl methyl sites for hydroxylation is 1. The van der Waals surface area contributed by atoms with Gasteiger partial charge in [0.1, 0.15) is 17.7 Å². The number of rotatable bonds is 8. The molecule has 3 aromatic rings. The van der Waals surface area contributed by atoms with Crippen molar-refractivity contribution in [3.63, 3.8) is 0 Å². The van der Waals surface area contributed by atoms with E-state index in [0.29, 0.717) is 17.5 Å². The van der Waals surface area contributed by atoms with E-state index in [0.717, 1.165) is 25.2 Å². The Kier molecular flexibility index (Phi) is 5.49. The third-order valence-corrected chi connectivity index (χ3v) is 5.38. The first kappa shape index (κ1) is 20.5. The van der Waals surface area contributed by atoms with Gasteiger partial charge in [0, 0.05) is 42.0 Å². The summed E-state index contributed by atoms with van der Waals surface area (Å²) in [6.07, 6.45) is -0.532. The van der Waals surface area contributed by atoms with E-state index in [1.807, 2.05) is 12.2 Å². The second-order valence-corrected chi connectivity index (χ2v) is 8.15. The fraction of sp³-hybridized carbons (Fsp3) is 0.409. The zero-order valence-electron chi connectivity index (χ0n) is 21.6. The molecule has 2 amide bonds. The Hall–Kier alpha value is -3.90. The van der Waals surface area contributed by atoms with Crippen LogP contribution in [-0.4, -0.2) is 44.3 Å². The topological polar surface area (TPSA) is 123 Å². The van der Waals surface area contributed by atoms with Gasteiger partial charge in [-0.15, -0.1) is 0 Å². The van der Waals surface area contributed by atoms with E-state index in [1.54, 1.807) is 0 Å². The molecule has 35 heavy (non-hydrogen) atoms. The lowest BCUT2D eigenvalue weighted by molar-refractivity contribution is -0.141. The van der Waals surface area contributed by atoms with Gasteiger partial charge in [0.05, 0.1) is 16.8 Å². The maximum atomic E-state index is 13.1. The zero-order chi connectivity index (χ0) is 27.8. The number of nitrogens with one attached hydrogen (secondary N) is 3. The molecule has 4 rings (SSSR count). The lowest BCUT2D eigenvalue weighted by Crippen LogP contribution is -2.27. The van der Waals surface area contributed by atoms with E-state index in [1.165, 1.54) is 16.8 Å². The van der Waals surface area contributed by atoms with Crippen LogP contribution in [0.15, 0.2) is 29.3 Å². The van der Waals surface area contributed by atoms with Crippen molar-refractivity contribution in [2.24, 2.45) is 5.92 Å². The van der Waals surface area contributed by atoms with Crippen molar-refractivity contribution in [1.82, 2.24) is 24.6 Å². The number of aromatic nitrogens is 4. The highest BCUT2D eigenvalue weighted by molar-refractivity contribution is 6.02. The number of amides is 2. The van der Waals surface area contributed by atoms with Gasteiger partial charge in [-0.05, 0) is 25.3 Å². The first-order chi connectivity index (χ1) is 17.8. The number of hydrogen-bond acceptors (Lipinski definition) is 6. The third-order valence-electron chi connectivity index (χ3n) is 5.38. The normalized spacial score (nSPS) is 15.3. The van der Waals surface area contributed by atoms with Crippen LogP contribution < -0.4 is 21.5 Å². The highest BCUT2D eigenvalue weighted by Crippen LogP contribution is 2.31. The summed E-state index contributed by atoms with van der Waals surface area (Å²) in [6.45, 7) is -2.15. The van der Waals surface area contributed by atoms with Gasteiger partial charge in [-0.3, -0.25) is 19.1 Å². The number of alkyl halides is 3. The maximum absolute atomic E-state index is 13.1. The molecule has 0 spiro atoms. The summed E-state index contributed by atoms with van der Waals surface area (Å²) in [5, 5.41) is 11.4. The van der Waals surface area contributed by atoms with Crippen LogP contribution in [0.2, 0.25) is 0 Å². The highest BCUT2D eigenvalue weighted by Gasteiger charge is 2.31. The average molecular weight is 494 g/mol. The predicted molar refractivity (Wildman–Crippen MR) is 123 cm³/mol. The molecule has 186 valence electrons. The molecule has 3 N–H and O–H groups in total.